The van der Waals surface area contributed by atoms with Crippen molar-refractivity contribution in [3.8, 4) is 0 Å². The minimum atomic E-state index is 0.962. The Morgan fingerprint density at radius 3 is 2.80 bits per heavy atom. The van der Waals surface area contributed by atoms with Gasteiger partial charge in [0.2, 0.25) is 0 Å². The average Bonchev–Trinajstić information content (AvgIpc) is 2.03. The molecule has 0 aliphatic rings. The summed E-state index contributed by atoms with van der Waals surface area (Å²) in [6.07, 6.45) is 5.49. The average molecular weight is 151 g/mol. The Kier molecular flexibility index (Phi) is 3.03. The Morgan fingerprint density at radius 2 is 2.20 bits per heavy atom. The van der Waals surface area contributed by atoms with Crippen LogP contribution in [0.5, 0.6) is 0 Å². The normalized spacial score (nSPS) is 9.20. The van der Waals surface area contributed by atoms with Crippen LogP contribution in [0.15, 0.2) is 42.1 Å². The topological polar surface area (TPSA) is 12.9 Å². The molecule has 1 rings (SSSR count). The van der Waals surface area contributed by atoms with E-state index >= 15 is 0 Å². The Bertz CT molecular complexity index is 196. The number of hydrogen-bond donors (Lipinski definition) is 0. The van der Waals surface area contributed by atoms with Gasteiger partial charge in [-0.2, -0.15) is 0 Å². The van der Waals surface area contributed by atoms with Gasteiger partial charge in [0.15, 0.2) is 0 Å². The highest BCUT2D eigenvalue weighted by atomic mass is 32.2. The molecule has 0 radical (unpaired) electrons. The van der Waals surface area contributed by atoms with Crippen molar-refractivity contribution in [1.29, 1.82) is 0 Å². The maximum absolute atomic E-state index is 3.91. The Balaban J connectivity index is 2.50. The number of aromatic nitrogens is 1. The van der Waals surface area contributed by atoms with Crippen LogP contribution >= 0.6 is 11.8 Å². The summed E-state index contributed by atoms with van der Waals surface area (Å²) in [5.74, 6) is 0.962. The van der Waals surface area contributed by atoms with E-state index < -0.39 is 0 Å². The van der Waals surface area contributed by atoms with Gasteiger partial charge in [0.05, 0.1) is 0 Å². The van der Waals surface area contributed by atoms with Crippen molar-refractivity contribution in [2.45, 2.75) is 4.90 Å². The van der Waals surface area contributed by atoms with Crippen LogP contribution in [-0.4, -0.2) is 10.7 Å². The Labute approximate surface area is 65.2 Å². The smallest absolute Gasteiger partial charge is 0.0278 e. The van der Waals surface area contributed by atoms with Crippen LogP contribution in [0.2, 0.25) is 0 Å². The lowest BCUT2D eigenvalue weighted by Crippen LogP contribution is -1.73. The fraction of sp³-hybridized carbons (Fsp3) is 0.125. The third-order valence-corrected chi connectivity index (χ3v) is 2.03. The van der Waals surface area contributed by atoms with Gasteiger partial charge in [0.25, 0.3) is 0 Å². The van der Waals surface area contributed by atoms with Gasteiger partial charge >= 0.3 is 0 Å². The molecule has 0 aliphatic heterocycles. The quantitative estimate of drug-likeness (QED) is 0.486. The van der Waals surface area contributed by atoms with Crippen LogP contribution in [0.25, 0.3) is 0 Å². The van der Waals surface area contributed by atoms with E-state index in [0.717, 1.165) is 5.75 Å². The molecule has 0 saturated heterocycles. The van der Waals surface area contributed by atoms with Crippen LogP contribution < -0.4 is 0 Å². The van der Waals surface area contributed by atoms with Gasteiger partial charge in [-0.1, -0.05) is 6.08 Å². The van der Waals surface area contributed by atoms with E-state index in [9.17, 15) is 0 Å². The highest BCUT2D eigenvalue weighted by Gasteiger charge is 1.86. The molecule has 0 fully saturated rings. The van der Waals surface area contributed by atoms with E-state index in [1.807, 2.05) is 18.2 Å². The first-order valence-electron chi connectivity index (χ1n) is 3.07. The molecule has 0 saturated carbocycles. The fourth-order valence-corrected chi connectivity index (χ4v) is 1.21. The summed E-state index contributed by atoms with van der Waals surface area (Å²) in [6.45, 7) is 3.64. The molecule has 0 spiro atoms. The summed E-state index contributed by atoms with van der Waals surface area (Å²) in [5, 5.41) is 0. The minimum Gasteiger partial charge on any atom is -0.265 e. The van der Waals surface area contributed by atoms with E-state index in [4.69, 9.17) is 0 Å². The molecular formula is C8H9NS. The van der Waals surface area contributed by atoms with Gasteiger partial charge in [0, 0.05) is 23.0 Å². The molecule has 0 bridgehead atoms. The van der Waals surface area contributed by atoms with E-state index in [1.54, 1.807) is 24.2 Å². The van der Waals surface area contributed by atoms with Gasteiger partial charge in [-0.25, -0.2) is 0 Å². The van der Waals surface area contributed by atoms with Crippen molar-refractivity contribution in [2.24, 2.45) is 0 Å². The lowest BCUT2D eigenvalue weighted by atomic mass is 10.5. The van der Waals surface area contributed by atoms with Crippen molar-refractivity contribution in [2.75, 3.05) is 5.75 Å². The number of hydrogen-bond acceptors (Lipinski definition) is 2. The van der Waals surface area contributed by atoms with Crippen molar-refractivity contribution >= 4 is 11.8 Å². The molecule has 1 aromatic rings. The zero-order chi connectivity index (χ0) is 7.23. The molecule has 10 heavy (non-hydrogen) atoms. The van der Waals surface area contributed by atoms with Gasteiger partial charge in [-0.05, 0) is 12.1 Å². The molecule has 0 aliphatic carbocycles. The summed E-state index contributed by atoms with van der Waals surface area (Å²) in [7, 11) is 0. The summed E-state index contributed by atoms with van der Waals surface area (Å²) in [6, 6.07) is 3.99. The lowest BCUT2D eigenvalue weighted by molar-refractivity contribution is 1.26. The number of pyridine rings is 1. The second-order valence-corrected chi connectivity index (χ2v) is 2.88. The van der Waals surface area contributed by atoms with Crippen LogP contribution in [0.1, 0.15) is 0 Å². The molecule has 2 heteroatoms. The van der Waals surface area contributed by atoms with Gasteiger partial charge in [-0.3, -0.25) is 4.98 Å². The zero-order valence-corrected chi connectivity index (χ0v) is 6.47. The van der Waals surface area contributed by atoms with E-state index in [0.29, 0.717) is 0 Å². The summed E-state index contributed by atoms with van der Waals surface area (Å²) in [4.78, 5) is 5.16. The van der Waals surface area contributed by atoms with Crippen molar-refractivity contribution < 1.29 is 0 Å². The molecule has 0 unspecified atom stereocenters. The third kappa shape index (κ3) is 2.23. The summed E-state index contributed by atoms with van der Waals surface area (Å²) in [5.41, 5.74) is 0. The molecule has 0 N–H and O–H groups in total. The maximum Gasteiger partial charge on any atom is 0.0278 e. The SMILES string of the molecule is C=CCSc1ccncc1. The van der Waals surface area contributed by atoms with Gasteiger partial charge in [0.1, 0.15) is 0 Å². The highest BCUT2D eigenvalue weighted by Crippen LogP contribution is 2.15. The monoisotopic (exact) mass is 151 g/mol. The summed E-state index contributed by atoms with van der Waals surface area (Å²) < 4.78 is 0. The van der Waals surface area contributed by atoms with Gasteiger partial charge in [-0.15, -0.1) is 18.3 Å². The first-order chi connectivity index (χ1) is 4.93. The van der Waals surface area contributed by atoms with E-state index in [1.165, 1.54) is 4.90 Å². The molecular weight excluding hydrogens is 142 g/mol. The molecule has 0 atom stereocenters. The van der Waals surface area contributed by atoms with Crippen molar-refractivity contribution in [3.63, 3.8) is 0 Å². The first kappa shape index (κ1) is 7.35. The minimum absolute atomic E-state index is 0.962. The molecule has 52 valence electrons. The zero-order valence-electron chi connectivity index (χ0n) is 5.66. The molecule has 1 heterocycles. The molecule has 1 nitrogen and oxygen atoms in total. The second-order valence-electron chi connectivity index (χ2n) is 1.78. The Morgan fingerprint density at radius 1 is 1.50 bits per heavy atom. The maximum atomic E-state index is 3.91. The van der Waals surface area contributed by atoms with Crippen LogP contribution in [-0.2, 0) is 0 Å². The van der Waals surface area contributed by atoms with Gasteiger partial charge < -0.3 is 0 Å². The van der Waals surface area contributed by atoms with Crippen molar-refractivity contribution in [1.82, 2.24) is 4.98 Å². The predicted molar refractivity (Wildman–Crippen MR) is 45.2 cm³/mol. The fourth-order valence-electron chi connectivity index (χ4n) is 0.590. The van der Waals surface area contributed by atoms with Crippen LogP contribution in [0.4, 0.5) is 0 Å². The Hall–Kier alpha value is -0.760. The predicted octanol–water partition coefficient (Wildman–Crippen LogP) is 2.36. The highest BCUT2D eigenvalue weighted by molar-refractivity contribution is 7.99. The number of thioether (sulfide) groups is 1. The van der Waals surface area contributed by atoms with Crippen LogP contribution in [0, 0.1) is 0 Å². The second kappa shape index (κ2) is 4.12. The van der Waals surface area contributed by atoms with E-state index in [2.05, 4.69) is 11.6 Å². The molecule has 1 aromatic heterocycles. The third-order valence-electron chi connectivity index (χ3n) is 1.02. The first-order valence-corrected chi connectivity index (χ1v) is 4.06. The standard InChI is InChI=1S/C8H9NS/c1-2-7-10-8-3-5-9-6-4-8/h2-6H,1,7H2. The van der Waals surface area contributed by atoms with E-state index in [-0.39, 0.29) is 0 Å². The number of nitrogens with zero attached hydrogens (tertiary/aromatic N) is 1. The molecule has 0 amide bonds. The lowest BCUT2D eigenvalue weighted by Gasteiger charge is -1.93. The summed E-state index contributed by atoms with van der Waals surface area (Å²) >= 11 is 1.76. The largest absolute Gasteiger partial charge is 0.265 e. The molecule has 0 aromatic carbocycles. The number of rotatable bonds is 3. The van der Waals surface area contributed by atoms with Crippen molar-refractivity contribution in [3.05, 3.63) is 37.2 Å². The van der Waals surface area contributed by atoms with Crippen LogP contribution in [0.3, 0.4) is 0 Å².